The highest BCUT2D eigenvalue weighted by molar-refractivity contribution is 5.82. The lowest BCUT2D eigenvalue weighted by molar-refractivity contribution is -0.149. The van der Waals surface area contributed by atoms with E-state index in [1.54, 1.807) is 32.2 Å². The molecule has 0 aromatic heterocycles. The highest BCUT2D eigenvalue weighted by atomic mass is 16.6. The Morgan fingerprint density at radius 2 is 1.91 bits per heavy atom. The number of esters is 1. The van der Waals surface area contributed by atoms with Gasteiger partial charge in [-0.3, -0.25) is 4.99 Å². The van der Waals surface area contributed by atoms with Crippen molar-refractivity contribution in [2.24, 2.45) is 4.99 Å². The molecular weight excluding hydrogens is 290 g/mol. The second-order valence-corrected chi connectivity index (χ2v) is 5.49. The molecular formula is C19H21NO3. The third-order valence-electron chi connectivity index (χ3n) is 2.97. The molecule has 0 saturated carbocycles. The minimum absolute atomic E-state index is 0.0884. The number of hydrogen-bond acceptors (Lipinski definition) is 4. The first-order valence-corrected chi connectivity index (χ1v) is 7.56. The number of rotatable bonds is 6. The fourth-order valence-electron chi connectivity index (χ4n) is 1.95. The lowest BCUT2D eigenvalue weighted by atomic mass is 10.2. The van der Waals surface area contributed by atoms with Gasteiger partial charge in [0.1, 0.15) is 5.75 Å². The van der Waals surface area contributed by atoms with E-state index in [-0.39, 0.29) is 18.7 Å². The Hall–Kier alpha value is -2.62. The quantitative estimate of drug-likeness (QED) is 0.596. The van der Waals surface area contributed by atoms with Crippen molar-refractivity contribution >= 4 is 17.9 Å². The van der Waals surface area contributed by atoms with Crippen molar-refractivity contribution in [2.45, 2.75) is 26.9 Å². The topological polar surface area (TPSA) is 47.9 Å². The zero-order valence-electron chi connectivity index (χ0n) is 13.7. The number of aliphatic imine (C=N–C) groups is 1. The van der Waals surface area contributed by atoms with Crippen LogP contribution in [0.2, 0.25) is 0 Å². The molecule has 0 bridgehead atoms. The standard InChI is InChI=1S/C19H21NO3/c1-14(2)23-19(21)13-22-18-9-7-16(8-10-18)12-20-17-6-4-5-15(3)11-17/h4-12,14H,13H2,1-3H3. The number of hydrogen-bond donors (Lipinski definition) is 0. The van der Waals surface area contributed by atoms with Crippen molar-refractivity contribution in [3.8, 4) is 5.75 Å². The smallest absolute Gasteiger partial charge is 0.344 e. The number of ether oxygens (including phenoxy) is 2. The van der Waals surface area contributed by atoms with E-state index in [0.29, 0.717) is 5.75 Å². The van der Waals surface area contributed by atoms with Crippen molar-refractivity contribution in [3.05, 3.63) is 59.7 Å². The van der Waals surface area contributed by atoms with Crippen LogP contribution in [-0.2, 0) is 9.53 Å². The van der Waals surface area contributed by atoms with Crippen LogP contribution < -0.4 is 4.74 Å². The SMILES string of the molecule is Cc1cccc(N=Cc2ccc(OCC(=O)OC(C)C)cc2)c1. The molecule has 0 spiro atoms. The van der Waals surface area contributed by atoms with Gasteiger partial charge >= 0.3 is 5.97 Å². The molecule has 0 amide bonds. The Balaban J connectivity index is 1.90. The van der Waals surface area contributed by atoms with Gasteiger partial charge in [0.05, 0.1) is 11.8 Å². The Kier molecular flexibility index (Phi) is 5.92. The maximum absolute atomic E-state index is 11.4. The Bertz CT molecular complexity index is 675. The van der Waals surface area contributed by atoms with Crippen LogP contribution in [0.3, 0.4) is 0 Å². The van der Waals surface area contributed by atoms with Crippen LogP contribution in [0.4, 0.5) is 5.69 Å². The second kappa shape index (κ2) is 8.13. The zero-order chi connectivity index (χ0) is 16.7. The Labute approximate surface area is 136 Å². The number of aryl methyl sites for hydroxylation is 1. The number of carbonyl (C=O) groups is 1. The predicted molar refractivity (Wildman–Crippen MR) is 91.6 cm³/mol. The summed E-state index contributed by atoms with van der Waals surface area (Å²) in [6.07, 6.45) is 1.66. The van der Waals surface area contributed by atoms with Crippen molar-refractivity contribution in [1.82, 2.24) is 0 Å². The van der Waals surface area contributed by atoms with Gasteiger partial charge < -0.3 is 9.47 Å². The molecule has 4 nitrogen and oxygen atoms in total. The maximum atomic E-state index is 11.4. The Morgan fingerprint density at radius 1 is 1.17 bits per heavy atom. The van der Waals surface area contributed by atoms with E-state index in [4.69, 9.17) is 9.47 Å². The second-order valence-electron chi connectivity index (χ2n) is 5.49. The number of carbonyl (C=O) groups excluding carboxylic acids is 1. The van der Waals surface area contributed by atoms with Gasteiger partial charge in [0.2, 0.25) is 0 Å². The van der Waals surface area contributed by atoms with Crippen LogP contribution in [-0.4, -0.2) is 24.9 Å². The summed E-state index contributed by atoms with van der Waals surface area (Å²) in [5, 5.41) is 0. The molecule has 0 atom stereocenters. The summed E-state index contributed by atoms with van der Waals surface area (Å²) in [5.74, 6) is 0.253. The van der Waals surface area contributed by atoms with E-state index in [0.717, 1.165) is 11.3 Å². The van der Waals surface area contributed by atoms with Gasteiger partial charge in [-0.15, -0.1) is 0 Å². The molecule has 0 N–H and O–H groups in total. The van der Waals surface area contributed by atoms with E-state index >= 15 is 0 Å². The number of benzene rings is 2. The summed E-state index contributed by atoms with van der Waals surface area (Å²) >= 11 is 0. The molecule has 0 heterocycles. The van der Waals surface area contributed by atoms with Crippen molar-refractivity contribution in [3.63, 3.8) is 0 Å². The molecule has 0 radical (unpaired) electrons. The largest absolute Gasteiger partial charge is 0.482 e. The van der Waals surface area contributed by atoms with E-state index < -0.39 is 0 Å². The van der Waals surface area contributed by atoms with E-state index in [1.807, 2.05) is 43.3 Å². The minimum atomic E-state index is -0.370. The Morgan fingerprint density at radius 3 is 2.57 bits per heavy atom. The zero-order valence-corrected chi connectivity index (χ0v) is 13.7. The fourth-order valence-corrected chi connectivity index (χ4v) is 1.95. The van der Waals surface area contributed by atoms with Crippen LogP contribution in [0.15, 0.2) is 53.5 Å². The first kappa shape index (κ1) is 16.7. The van der Waals surface area contributed by atoms with Crippen LogP contribution in [0, 0.1) is 6.92 Å². The molecule has 2 rings (SSSR count). The van der Waals surface area contributed by atoms with Gasteiger partial charge in [0, 0.05) is 6.21 Å². The molecule has 0 fully saturated rings. The minimum Gasteiger partial charge on any atom is -0.482 e. The van der Waals surface area contributed by atoms with Crippen LogP contribution >= 0.6 is 0 Å². The molecule has 2 aromatic rings. The molecule has 0 aliphatic carbocycles. The first-order chi connectivity index (χ1) is 11.0. The summed E-state index contributed by atoms with van der Waals surface area (Å²) in [6, 6.07) is 15.4. The fraction of sp³-hybridized carbons (Fsp3) is 0.263. The van der Waals surface area contributed by atoms with Crippen molar-refractivity contribution in [1.29, 1.82) is 0 Å². The maximum Gasteiger partial charge on any atom is 0.344 e. The van der Waals surface area contributed by atoms with E-state index in [2.05, 4.69) is 4.99 Å². The van der Waals surface area contributed by atoms with Gasteiger partial charge in [0.15, 0.2) is 6.61 Å². The van der Waals surface area contributed by atoms with Crippen LogP contribution in [0.1, 0.15) is 25.0 Å². The average molecular weight is 311 g/mol. The summed E-state index contributed by atoms with van der Waals surface area (Å²) < 4.78 is 10.4. The highest BCUT2D eigenvalue weighted by Gasteiger charge is 2.06. The molecule has 0 saturated heterocycles. The van der Waals surface area contributed by atoms with Crippen LogP contribution in [0.25, 0.3) is 0 Å². The van der Waals surface area contributed by atoms with Gasteiger partial charge in [-0.05, 0) is 68.3 Å². The summed E-state index contributed by atoms with van der Waals surface area (Å²) in [5.41, 5.74) is 3.06. The third-order valence-corrected chi connectivity index (χ3v) is 2.97. The van der Waals surface area contributed by atoms with Gasteiger partial charge in [-0.1, -0.05) is 12.1 Å². The van der Waals surface area contributed by atoms with Crippen molar-refractivity contribution in [2.75, 3.05) is 6.61 Å². The molecule has 0 aliphatic heterocycles. The number of nitrogens with zero attached hydrogens (tertiary/aromatic N) is 1. The molecule has 2 aromatic carbocycles. The molecule has 23 heavy (non-hydrogen) atoms. The summed E-state index contributed by atoms with van der Waals surface area (Å²) in [6.45, 7) is 5.56. The van der Waals surface area contributed by atoms with E-state index in [9.17, 15) is 4.79 Å². The average Bonchev–Trinajstić information content (AvgIpc) is 2.51. The third kappa shape index (κ3) is 5.94. The lowest BCUT2D eigenvalue weighted by Gasteiger charge is -2.09. The summed E-state index contributed by atoms with van der Waals surface area (Å²) in [4.78, 5) is 15.8. The van der Waals surface area contributed by atoms with E-state index in [1.165, 1.54) is 5.56 Å². The summed E-state index contributed by atoms with van der Waals surface area (Å²) in [7, 11) is 0. The van der Waals surface area contributed by atoms with Gasteiger partial charge in [0.25, 0.3) is 0 Å². The molecule has 0 aliphatic rings. The first-order valence-electron chi connectivity index (χ1n) is 7.56. The monoisotopic (exact) mass is 311 g/mol. The predicted octanol–water partition coefficient (Wildman–Crippen LogP) is 4.08. The highest BCUT2D eigenvalue weighted by Crippen LogP contribution is 2.15. The van der Waals surface area contributed by atoms with Crippen LogP contribution in [0.5, 0.6) is 5.75 Å². The molecule has 4 heteroatoms. The van der Waals surface area contributed by atoms with Crippen molar-refractivity contribution < 1.29 is 14.3 Å². The molecule has 0 unspecified atom stereocenters. The lowest BCUT2D eigenvalue weighted by Crippen LogP contribution is -2.18. The normalized spacial score (nSPS) is 11.0. The molecule has 120 valence electrons. The van der Waals surface area contributed by atoms with Gasteiger partial charge in [-0.25, -0.2) is 4.79 Å². The van der Waals surface area contributed by atoms with Gasteiger partial charge in [-0.2, -0.15) is 0 Å².